The molecule has 5 rings (SSSR count). The molecule has 2 saturated heterocycles. The SMILES string of the molecule is O=C1CCC(N2C(=O)c3cccc(CNC45CCNCC4C5)c3C2=O)C(=O)N1. The molecule has 146 valence electrons. The molecular formula is C20H22N4O4. The van der Waals surface area contributed by atoms with Gasteiger partial charge in [-0.15, -0.1) is 0 Å². The van der Waals surface area contributed by atoms with Crippen molar-refractivity contribution in [2.24, 2.45) is 5.92 Å². The van der Waals surface area contributed by atoms with Crippen molar-refractivity contribution in [2.75, 3.05) is 13.1 Å². The van der Waals surface area contributed by atoms with Crippen LogP contribution in [0.2, 0.25) is 0 Å². The summed E-state index contributed by atoms with van der Waals surface area (Å²) in [6, 6.07) is 4.34. The fraction of sp³-hybridized carbons (Fsp3) is 0.500. The molecular weight excluding hydrogens is 360 g/mol. The standard InChI is InChI=1S/C20H22N4O4/c25-15-5-4-14(17(26)23-15)24-18(27)13-3-1-2-11(16(13)19(24)28)9-22-20-6-7-21-10-12(20)8-20/h1-3,12,14,21-22H,4-10H2,(H,23,25,26). The molecule has 0 spiro atoms. The number of amides is 4. The zero-order chi connectivity index (χ0) is 19.5. The molecule has 3 heterocycles. The molecule has 28 heavy (non-hydrogen) atoms. The van der Waals surface area contributed by atoms with E-state index in [0.29, 0.717) is 23.6 Å². The highest BCUT2D eigenvalue weighted by atomic mass is 16.2. The van der Waals surface area contributed by atoms with Crippen molar-refractivity contribution in [2.45, 2.75) is 43.8 Å². The molecule has 3 N–H and O–H groups in total. The van der Waals surface area contributed by atoms with Gasteiger partial charge in [-0.3, -0.25) is 29.4 Å². The maximum absolute atomic E-state index is 13.1. The predicted molar refractivity (Wildman–Crippen MR) is 98.3 cm³/mol. The van der Waals surface area contributed by atoms with Gasteiger partial charge in [-0.25, -0.2) is 0 Å². The van der Waals surface area contributed by atoms with E-state index in [1.54, 1.807) is 12.1 Å². The molecule has 1 aliphatic carbocycles. The van der Waals surface area contributed by atoms with Crippen molar-refractivity contribution < 1.29 is 19.2 Å². The largest absolute Gasteiger partial charge is 0.316 e. The summed E-state index contributed by atoms with van der Waals surface area (Å²) < 4.78 is 0. The van der Waals surface area contributed by atoms with E-state index < -0.39 is 23.8 Å². The molecule has 0 bridgehead atoms. The highest BCUT2D eigenvalue weighted by molar-refractivity contribution is 6.24. The molecule has 1 aromatic rings. The third-order valence-corrected chi connectivity index (χ3v) is 6.56. The zero-order valence-corrected chi connectivity index (χ0v) is 15.4. The first-order chi connectivity index (χ1) is 13.5. The minimum Gasteiger partial charge on any atom is -0.316 e. The van der Waals surface area contributed by atoms with E-state index >= 15 is 0 Å². The summed E-state index contributed by atoms with van der Waals surface area (Å²) in [6.07, 6.45) is 2.48. The van der Waals surface area contributed by atoms with Crippen LogP contribution in [0.25, 0.3) is 0 Å². The van der Waals surface area contributed by atoms with Crippen LogP contribution < -0.4 is 16.0 Å². The molecule has 3 atom stereocenters. The summed E-state index contributed by atoms with van der Waals surface area (Å²) >= 11 is 0. The Morgan fingerprint density at radius 2 is 2.04 bits per heavy atom. The third-order valence-electron chi connectivity index (χ3n) is 6.56. The van der Waals surface area contributed by atoms with Crippen LogP contribution in [-0.4, -0.2) is 53.2 Å². The Kier molecular flexibility index (Phi) is 3.89. The molecule has 0 aromatic heterocycles. The summed E-state index contributed by atoms with van der Waals surface area (Å²) in [5.74, 6) is -1.24. The lowest BCUT2D eigenvalue weighted by Gasteiger charge is -2.28. The van der Waals surface area contributed by atoms with Gasteiger partial charge in [0.2, 0.25) is 11.8 Å². The number of fused-ring (bicyclic) bond motifs is 2. The van der Waals surface area contributed by atoms with E-state index in [9.17, 15) is 19.2 Å². The number of piperidine rings is 2. The lowest BCUT2D eigenvalue weighted by atomic mass is 10.0. The van der Waals surface area contributed by atoms with Gasteiger partial charge in [0.05, 0.1) is 11.1 Å². The maximum Gasteiger partial charge on any atom is 0.262 e. The third kappa shape index (κ3) is 2.59. The van der Waals surface area contributed by atoms with Gasteiger partial charge >= 0.3 is 0 Å². The van der Waals surface area contributed by atoms with Crippen molar-refractivity contribution in [3.05, 3.63) is 34.9 Å². The van der Waals surface area contributed by atoms with Crippen molar-refractivity contribution in [3.8, 4) is 0 Å². The Labute approximate surface area is 162 Å². The van der Waals surface area contributed by atoms with Crippen LogP contribution >= 0.6 is 0 Å². The maximum atomic E-state index is 13.1. The quantitative estimate of drug-likeness (QED) is 0.630. The van der Waals surface area contributed by atoms with Crippen molar-refractivity contribution in [1.82, 2.24) is 20.9 Å². The zero-order valence-electron chi connectivity index (χ0n) is 15.4. The average Bonchev–Trinajstić information content (AvgIpc) is 3.36. The highest BCUT2D eigenvalue weighted by Crippen LogP contribution is 2.47. The molecule has 4 aliphatic rings. The number of benzene rings is 1. The molecule has 3 fully saturated rings. The topological polar surface area (TPSA) is 108 Å². The van der Waals surface area contributed by atoms with Crippen LogP contribution in [0.4, 0.5) is 0 Å². The molecule has 1 aromatic carbocycles. The Balaban J connectivity index is 1.39. The molecule has 8 heteroatoms. The first kappa shape index (κ1) is 17.5. The summed E-state index contributed by atoms with van der Waals surface area (Å²) in [6.45, 7) is 2.51. The fourth-order valence-corrected chi connectivity index (χ4v) is 4.85. The first-order valence-electron chi connectivity index (χ1n) is 9.79. The minimum absolute atomic E-state index is 0.121. The normalized spacial score (nSPS) is 31.5. The minimum atomic E-state index is -0.929. The van der Waals surface area contributed by atoms with Gasteiger partial charge in [0.1, 0.15) is 6.04 Å². The number of carbonyl (C=O) groups excluding carboxylic acids is 4. The lowest BCUT2D eigenvalue weighted by Crippen LogP contribution is -2.54. The average molecular weight is 382 g/mol. The summed E-state index contributed by atoms with van der Waals surface area (Å²) in [5.41, 5.74) is 1.64. The summed E-state index contributed by atoms with van der Waals surface area (Å²) in [4.78, 5) is 50.6. The van der Waals surface area contributed by atoms with Crippen LogP contribution in [0.5, 0.6) is 0 Å². The van der Waals surface area contributed by atoms with E-state index in [4.69, 9.17) is 0 Å². The van der Waals surface area contributed by atoms with Crippen LogP contribution in [0.15, 0.2) is 18.2 Å². The Morgan fingerprint density at radius 3 is 2.82 bits per heavy atom. The number of carbonyl (C=O) groups is 4. The molecule has 4 amide bonds. The lowest BCUT2D eigenvalue weighted by molar-refractivity contribution is -0.136. The Morgan fingerprint density at radius 1 is 1.18 bits per heavy atom. The van der Waals surface area contributed by atoms with Gasteiger partial charge in [0.25, 0.3) is 11.8 Å². The number of hydrogen-bond acceptors (Lipinski definition) is 6. The van der Waals surface area contributed by atoms with E-state index in [1.165, 1.54) is 0 Å². The van der Waals surface area contributed by atoms with Gasteiger partial charge in [0.15, 0.2) is 0 Å². The number of rotatable bonds is 4. The van der Waals surface area contributed by atoms with Gasteiger partial charge in [-0.1, -0.05) is 12.1 Å². The van der Waals surface area contributed by atoms with Crippen molar-refractivity contribution in [1.29, 1.82) is 0 Å². The molecule has 1 saturated carbocycles. The number of imide groups is 2. The Bertz CT molecular complexity index is 913. The summed E-state index contributed by atoms with van der Waals surface area (Å²) in [7, 11) is 0. The molecule has 3 aliphatic heterocycles. The molecule has 3 unspecified atom stereocenters. The smallest absolute Gasteiger partial charge is 0.262 e. The van der Waals surface area contributed by atoms with E-state index in [0.717, 1.165) is 36.4 Å². The first-order valence-corrected chi connectivity index (χ1v) is 9.79. The van der Waals surface area contributed by atoms with Gasteiger partial charge in [-0.2, -0.15) is 0 Å². The predicted octanol–water partition coefficient (Wildman–Crippen LogP) is -0.0706. The number of nitrogens with zero attached hydrogens (tertiary/aromatic N) is 1. The molecule has 8 nitrogen and oxygen atoms in total. The van der Waals surface area contributed by atoms with Crippen LogP contribution in [0.1, 0.15) is 52.0 Å². The van der Waals surface area contributed by atoms with Crippen LogP contribution in [-0.2, 0) is 16.1 Å². The van der Waals surface area contributed by atoms with E-state index in [2.05, 4.69) is 16.0 Å². The van der Waals surface area contributed by atoms with Crippen molar-refractivity contribution in [3.63, 3.8) is 0 Å². The Hall–Kier alpha value is -2.58. The second-order valence-corrected chi connectivity index (χ2v) is 8.15. The van der Waals surface area contributed by atoms with Gasteiger partial charge in [-0.05, 0) is 49.9 Å². The highest BCUT2D eigenvalue weighted by Gasteiger charge is 2.54. The van der Waals surface area contributed by atoms with Crippen LogP contribution in [0.3, 0.4) is 0 Å². The van der Waals surface area contributed by atoms with Crippen LogP contribution in [0, 0.1) is 5.92 Å². The fourth-order valence-electron chi connectivity index (χ4n) is 4.85. The number of hydrogen-bond donors (Lipinski definition) is 3. The van der Waals surface area contributed by atoms with E-state index in [-0.39, 0.29) is 24.3 Å². The monoisotopic (exact) mass is 382 g/mol. The van der Waals surface area contributed by atoms with Crippen molar-refractivity contribution >= 4 is 23.6 Å². The second kappa shape index (κ2) is 6.22. The van der Waals surface area contributed by atoms with E-state index in [1.807, 2.05) is 6.07 Å². The van der Waals surface area contributed by atoms with Gasteiger partial charge < -0.3 is 10.6 Å². The second-order valence-electron chi connectivity index (χ2n) is 8.15. The summed E-state index contributed by atoms with van der Waals surface area (Å²) in [5, 5.41) is 9.24. The molecule has 0 radical (unpaired) electrons. The van der Waals surface area contributed by atoms with Gasteiger partial charge in [0, 0.05) is 18.5 Å². The number of nitrogens with one attached hydrogen (secondary N) is 3.